The van der Waals surface area contributed by atoms with E-state index in [9.17, 15) is 9.59 Å². The number of hydrogen-bond donors (Lipinski definition) is 0. The van der Waals surface area contributed by atoms with Crippen LogP contribution in [0.4, 0.5) is 5.69 Å². The molecule has 0 spiro atoms. The number of amides is 2. The predicted molar refractivity (Wildman–Crippen MR) is 90.5 cm³/mol. The maximum Gasteiger partial charge on any atom is 0.270 e. The molecular formula is C18H19N3O3. The number of hydrogen-bond acceptors (Lipinski definition) is 4. The number of anilines is 1. The number of benzene rings is 1. The molecule has 0 unspecified atom stereocenters. The summed E-state index contributed by atoms with van der Waals surface area (Å²) >= 11 is 0. The van der Waals surface area contributed by atoms with Crippen molar-refractivity contribution in [3.05, 3.63) is 54.0 Å². The third-order valence-electron chi connectivity index (χ3n) is 3.82. The van der Waals surface area contributed by atoms with Crippen LogP contribution in [0.25, 0.3) is 0 Å². The zero-order valence-electron chi connectivity index (χ0n) is 13.7. The number of nitrogens with zero attached hydrogens (tertiary/aromatic N) is 3. The van der Waals surface area contributed by atoms with Gasteiger partial charge in [-0.25, -0.2) is 5.01 Å². The average molecular weight is 325 g/mol. The summed E-state index contributed by atoms with van der Waals surface area (Å²) < 4.78 is 5.50. The first-order valence-corrected chi connectivity index (χ1v) is 7.81. The van der Waals surface area contributed by atoms with Gasteiger partial charge < -0.3 is 9.32 Å². The minimum atomic E-state index is -0.197. The van der Waals surface area contributed by atoms with Crippen molar-refractivity contribution < 1.29 is 14.0 Å². The lowest BCUT2D eigenvalue weighted by Crippen LogP contribution is -2.39. The molecular weight excluding hydrogens is 306 g/mol. The summed E-state index contributed by atoms with van der Waals surface area (Å²) in [5.74, 6) is 1.22. The van der Waals surface area contributed by atoms with E-state index in [-0.39, 0.29) is 18.2 Å². The maximum absolute atomic E-state index is 12.6. The fraction of sp³-hybridized carbons (Fsp3) is 0.278. The first-order valence-electron chi connectivity index (χ1n) is 7.81. The predicted octanol–water partition coefficient (Wildman–Crippen LogP) is 2.73. The van der Waals surface area contributed by atoms with Crippen molar-refractivity contribution in [2.24, 2.45) is 5.10 Å². The molecule has 0 aliphatic carbocycles. The van der Waals surface area contributed by atoms with Gasteiger partial charge in [0.2, 0.25) is 5.91 Å². The lowest BCUT2D eigenvalue weighted by molar-refractivity contribution is -0.123. The van der Waals surface area contributed by atoms with Gasteiger partial charge in [0.05, 0.1) is 12.2 Å². The molecule has 0 N–H and O–H groups in total. The van der Waals surface area contributed by atoms with E-state index in [1.54, 1.807) is 24.1 Å². The lowest BCUT2D eigenvalue weighted by Gasteiger charge is -2.25. The fourth-order valence-corrected chi connectivity index (χ4v) is 2.57. The van der Waals surface area contributed by atoms with Crippen LogP contribution >= 0.6 is 0 Å². The molecule has 0 bridgehead atoms. The van der Waals surface area contributed by atoms with Gasteiger partial charge in [-0.05, 0) is 31.2 Å². The third kappa shape index (κ3) is 3.37. The molecule has 0 saturated heterocycles. The Labute approximate surface area is 140 Å². The summed E-state index contributed by atoms with van der Waals surface area (Å²) in [5.41, 5.74) is 1.04. The first kappa shape index (κ1) is 16.0. The minimum absolute atomic E-state index is 0.109. The summed E-state index contributed by atoms with van der Waals surface area (Å²) in [6, 6.07) is 12.8. The molecule has 0 fully saturated rings. The van der Waals surface area contributed by atoms with Crippen molar-refractivity contribution >= 4 is 23.2 Å². The molecule has 2 aromatic rings. The molecule has 1 aliphatic heterocycles. The molecule has 124 valence electrons. The second-order valence-corrected chi connectivity index (χ2v) is 5.76. The standard InChI is InChI=1S/C18H19N3O3/c1-13-8-9-15(24-13)12-20(2)18(23)16-10-11-17(22)21(19-16)14-6-4-3-5-7-14/h3-9H,10-12H2,1-2H3. The van der Waals surface area contributed by atoms with Crippen LogP contribution in [0.15, 0.2) is 52.0 Å². The second kappa shape index (κ2) is 6.70. The Morgan fingerprint density at radius 1 is 1.21 bits per heavy atom. The maximum atomic E-state index is 12.6. The Hall–Kier alpha value is -2.89. The summed E-state index contributed by atoms with van der Waals surface area (Å²) in [6.45, 7) is 2.23. The molecule has 2 amide bonds. The molecule has 0 saturated carbocycles. The van der Waals surface area contributed by atoms with Gasteiger partial charge in [0.25, 0.3) is 5.91 Å². The Kier molecular flexibility index (Phi) is 4.46. The monoisotopic (exact) mass is 325 g/mol. The van der Waals surface area contributed by atoms with E-state index in [4.69, 9.17) is 4.42 Å². The number of para-hydroxylation sites is 1. The normalized spacial score (nSPS) is 14.5. The van der Waals surface area contributed by atoms with Crippen LogP contribution in [0.3, 0.4) is 0 Å². The van der Waals surface area contributed by atoms with E-state index in [1.807, 2.05) is 37.3 Å². The van der Waals surface area contributed by atoms with E-state index in [0.717, 1.165) is 11.5 Å². The molecule has 0 radical (unpaired) electrons. The Morgan fingerprint density at radius 2 is 1.96 bits per heavy atom. The van der Waals surface area contributed by atoms with Gasteiger partial charge in [-0.3, -0.25) is 9.59 Å². The zero-order chi connectivity index (χ0) is 17.1. The quantitative estimate of drug-likeness (QED) is 0.868. The van der Waals surface area contributed by atoms with E-state index in [0.29, 0.717) is 24.4 Å². The summed E-state index contributed by atoms with van der Waals surface area (Å²) in [4.78, 5) is 26.3. The van der Waals surface area contributed by atoms with Crippen molar-refractivity contribution in [2.45, 2.75) is 26.3 Å². The minimum Gasteiger partial charge on any atom is -0.464 e. The van der Waals surface area contributed by atoms with Gasteiger partial charge in [0.15, 0.2) is 0 Å². The highest BCUT2D eigenvalue weighted by Crippen LogP contribution is 2.20. The SMILES string of the molecule is Cc1ccc(CN(C)C(=O)C2=NN(c3ccccc3)C(=O)CC2)o1. The topological polar surface area (TPSA) is 66.1 Å². The van der Waals surface area contributed by atoms with Gasteiger partial charge in [-0.2, -0.15) is 5.10 Å². The highest BCUT2D eigenvalue weighted by Gasteiger charge is 2.27. The lowest BCUT2D eigenvalue weighted by atomic mass is 10.1. The highest BCUT2D eigenvalue weighted by molar-refractivity contribution is 6.40. The molecule has 24 heavy (non-hydrogen) atoms. The smallest absolute Gasteiger partial charge is 0.270 e. The van der Waals surface area contributed by atoms with Gasteiger partial charge in [-0.15, -0.1) is 0 Å². The number of carbonyl (C=O) groups is 2. The van der Waals surface area contributed by atoms with Crippen molar-refractivity contribution in [3.8, 4) is 0 Å². The van der Waals surface area contributed by atoms with Crippen molar-refractivity contribution in [1.29, 1.82) is 0 Å². The van der Waals surface area contributed by atoms with Crippen molar-refractivity contribution in [1.82, 2.24) is 4.90 Å². The molecule has 6 heteroatoms. The Bertz CT molecular complexity index is 780. The Morgan fingerprint density at radius 3 is 2.62 bits per heavy atom. The fourth-order valence-electron chi connectivity index (χ4n) is 2.57. The van der Waals surface area contributed by atoms with Crippen molar-refractivity contribution in [3.63, 3.8) is 0 Å². The number of hydrazone groups is 1. The van der Waals surface area contributed by atoms with Crippen molar-refractivity contribution in [2.75, 3.05) is 12.1 Å². The molecule has 1 aliphatic rings. The molecule has 6 nitrogen and oxygen atoms in total. The van der Waals surface area contributed by atoms with E-state index >= 15 is 0 Å². The van der Waals surface area contributed by atoms with Crippen LogP contribution < -0.4 is 5.01 Å². The van der Waals surface area contributed by atoms with E-state index < -0.39 is 0 Å². The molecule has 2 heterocycles. The van der Waals surface area contributed by atoms with Crippen LogP contribution in [0.5, 0.6) is 0 Å². The molecule has 1 aromatic carbocycles. The summed E-state index contributed by atoms with van der Waals surface area (Å²) in [5, 5.41) is 5.59. The van der Waals surface area contributed by atoms with Crippen LogP contribution in [-0.2, 0) is 16.1 Å². The van der Waals surface area contributed by atoms with Crippen LogP contribution in [-0.4, -0.2) is 29.5 Å². The summed E-state index contributed by atoms with van der Waals surface area (Å²) in [6.07, 6.45) is 0.621. The third-order valence-corrected chi connectivity index (χ3v) is 3.82. The van der Waals surface area contributed by atoms with Crippen LogP contribution in [0.1, 0.15) is 24.4 Å². The van der Waals surface area contributed by atoms with Crippen LogP contribution in [0, 0.1) is 6.92 Å². The summed E-state index contributed by atoms with van der Waals surface area (Å²) in [7, 11) is 1.70. The zero-order valence-corrected chi connectivity index (χ0v) is 13.7. The second-order valence-electron chi connectivity index (χ2n) is 5.76. The molecule has 3 rings (SSSR count). The van der Waals surface area contributed by atoms with E-state index in [1.165, 1.54) is 5.01 Å². The van der Waals surface area contributed by atoms with Gasteiger partial charge >= 0.3 is 0 Å². The number of carbonyl (C=O) groups excluding carboxylic acids is 2. The number of rotatable bonds is 4. The number of aryl methyl sites for hydroxylation is 1. The molecule has 1 aromatic heterocycles. The van der Waals surface area contributed by atoms with Gasteiger partial charge in [0.1, 0.15) is 17.2 Å². The average Bonchev–Trinajstić information content (AvgIpc) is 3.00. The van der Waals surface area contributed by atoms with E-state index in [2.05, 4.69) is 5.10 Å². The largest absolute Gasteiger partial charge is 0.464 e. The molecule has 0 atom stereocenters. The van der Waals surface area contributed by atoms with Gasteiger partial charge in [-0.1, -0.05) is 18.2 Å². The first-order chi connectivity index (χ1) is 11.5. The van der Waals surface area contributed by atoms with Gasteiger partial charge in [0, 0.05) is 19.9 Å². The van der Waals surface area contributed by atoms with Crippen LogP contribution in [0.2, 0.25) is 0 Å². The Balaban J connectivity index is 1.77. The number of furan rings is 1. The highest BCUT2D eigenvalue weighted by atomic mass is 16.3.